The quantitative estimate of drug-likeness (QED) is 0.593. The monoisotopic (exact) mass is 230 g/mol. The molecule has 0 aromatic rings. The molecule has 5 nitrogen and oxygen atoms in total. The van der Waals surface area contributed by atoms with Crippen molar-refractivity contribution in [3.05, 3.63) is 0 Å². The van der Waals surface area contributed by atoms with Gasteiger partial charge in [-0.2, -0.15) is 0 Å². The van der Waals surface area contributed by atoms with Gasteiger partial charge in [-0.05, 0) is 6.54 Å². The maximum Gasteiger partial charge on any atom is 0.248 e. The fraction of sp³-hybridized carbons (Fsp3) is 0.909. The maximum absolute atomic E-state index is 11.7. The lowest BCUT2D eigenvalue weighted by Crippen LogP contribution is -2.49. The van der Waals surface area contributed by atoms with Crippen LogP contribution in [-0.2, 0) is 14.3 Å². The van der Waals surface area contributed by atoms with Crippen LogP contribution in [0.25, 0.3) is 0 Å². The zero-order valence-electron chi connectivity index (χ0n) is 10.3. The molecule has 0 aromatic carbocycles. The molecule has 1 aliphatic heterocycles. The summed E-state index contributed by atoms with van der Waals surface area (Å²) >= 11 is 0. The number of piperazine rings is 1. The predicted octanol–water partition coefficient (Wildman–Crippen LogP) is -0.186. The van der Waals surface area contributed by atoms with Crippen LogP contribution in [0.2, 0.25) is 0 Å². The van der Waals surface area contributed by atoms with Crippen LogP contribution in [0.4, 0.5) is 0 Å². The molecule has 0 saturated carbocycles. The average molecular weight is 230 g/mol. The Labute approximate surface area is 97.3 Å². The Hall–Kier alpha value is -0.650. The highest BCUT2D eigenvalue weighted by molar-refractivity contribution is 5.77. The average Bonchev–Trinajstić information content (AvgIpc) is 2.34. The molecule has 94 valence electrons. The Kier molecular flexibility index (Phi) is 6.37. The number of ether oxygens (including phenoxy) is 2. The lowest BCUT2D eigenvalue weighted by molar-refractivity contribution is -0.138. The van der Waals surface area contributed by atoms with E-state index in [1.807, 2.05) is 4.90 Å². The molecule has 0 bridgehead atoms. The standard InChI is InChI=1S/C11H22N2O3/c1-3-12-4-6-13(7-5-12)11(14)10-16-9-8-15-2/h3-10H2,1-2H3. The van der Waals surface area contributed by atoms with Gasteiger partial charge in [-0.15, -0.1) is 0 Å². The second-order valence-electron chi connectivity index (χ2n) is 3.86. The first-order valence-corrected chi connectivity index (χ1v) is 5.84. The number of amides is 1. The van der Waals surface area contributed by atoms with Crippen molar-refractivity contribution in [3.8, 4) is 0 Å². The molecule has 1 amide bonds. The number of rotatable bonds is 6. The largest absolute Gasteiger partial charge is 0.382 e. The van der Waals surface area contributed by atoms with Gasteiger partial charge in [-0.1, -0.05) is 6.92 Å². The van der Waals surface area contributed by atoms with Gasteiger partial charge in [-0.3, -0.25) is 4.79 Å². The third kappa shape index (κ3) is 4.47. The van der Waals surface area contributed by atoms with Crippen molar-refractivity contribution in [1.29, 1.82) is 0 Å². The van der Waals surface area contributed by atoms with E-state index in [4.69, 9.17) is 9.47 Å². The topological polar surface area (TPSA) is 42.0 Å². The minimum Gasteiger partial charge on any atom is -0.382 e. The van der Waals surface area contributed by atoms with Gasteiger partial charge in [0.25, 0.3) is 0 Å². The van der Waals surface area contributed by atoms with Crippen molar-refractivity contribution in [2.75, 3.05) is 59.7 Å². The third-order valence-electron chi connectivity index (χ3n) is 2.83. The van der Waals surface area contributed by atoms with E-state index in [9.17, 15) is 4.79 Å². The molecule has 0 N–H and O–H groups in total. The third-order valence-corrected chi connectivity index (χ3v) is 2.83. The van der Waals surface area contributed by atoms with E-state index < -0.39 is 0 Å². The minimum atomic E-state index is 0.0897. The lowest BCUT2D eigenvalue weighted by atomic mass is 10.3. The number of likely N-dealkylation sites (N-methyl/N-ethyl adjacent to an activating group) is 1. The molecule has 0 spiro atoms. The summed E-state index contributed by atoms with van der Waals surface area (Å²) in [6.45, 7) is 7.99. The number of carbonyl (C=O) groups is 1. The van der Waals surface area contributed by atoms with Gasteiger partial charge in [0.15, 0.2) is 0 Å². The van der Waals surface area contributed by atoms with Gasteiger partial charge in [0.1, 0.15) is 6.61 Å². The predicted molar refractivity (Wildman–Crippen MR) is 61.4 cm³/mol. The molecule has 0 radical (unpaired) electrons. The summed E-state index contributed by atoms with van der Waals surface area (Å²) in [6, 6.07) is 0. The van der Waals surface area contributed by atoms with Crippen LogP contribution in [0.1, 0.15) is 6.92 Å². The summed E-state index contributed by atoms with van der Waals surface area (Å²) in [6.07, 6.45) is 0. The van der Waals surface area contributed by atoms with Crippen LogP contribution in [0.15, 0.2) is 0 Å². The Morgan fingerprint density at radius 1 is 1.19 bits per heavy atom. The van der Waals surface area contributed by atoms with Crippen molar-refractivity contribution in [1.82, 2.24) is 9.80 Å². The molecule has 0 atom stereocenters. The summed E-state index contributed by atoms with van der Waals surface area (Å²) < 4.78 is 10.1. The maximum atomic E-state index is 11.7. The molecule has 16 heavy (non-hydrogen) atoms. The minimum absolute atomic E-state index is 0.0897. The molecule has 5 heteroatoms. The summed E-state index contributed by atoms with van der Waals surface area (Å²) in [5, 5.41) is 0. The Bertz CT molecular complexity index is 203. The number of carbonyl (C=O) groups excluding carboxylic acids is 1. The van der Waals surface area contributed by atoms with Gasteiger partial charge in [0, 0.05) is 33.3 Å². The van der Waals surface area contributed by atoms with E-state index in [2.05, 4.69) is 11.8 Å². The normalized spacial score (nSPS) is 17.8. The van der Waals surface area contributed by atoms with E-state index in [0.29, 0.717) is 13.2 Å². The van der Waals surface area contributed by atoms with Crippen LogP contribution in [-0.4, -0.2) is 75.4 Å². The Morgan fingerprint density at radius 2 is 1.88 bits per heavy atom. The van der Waals surface area contributed by atoms with Crippen LogP contribution in [0.3, 0.4) is 0 Å². The highest BCUT2D eigenvalue weighted by atomic mass is 16.5. The number of nitrogens with zero attached hydrogens (tertiary/aromatic N) is 2. The van der Waals surface area contributed by atoms with E-state index in [1.165, 1.54) is 0 Å². The Morgan fingerprint density at radius 3 is 2.44 bits per heavy atom. The van der Waals surface area contributed by atoms with Crippen molar-refractivity contribution in [2.45, 2.75) is 6.92 Å². The summed E-state index contributed by atoms with van der Waals surface area (Å²) in [4.78, 5) is 15.9. The second kappa shape index (κ2) is 7.60. The van der Waals surface area contributed by atoms with E-state index >= 15 is 0 Å². The van der Waals surface area contributed by atoms with Gasteiger partial charge < -0.3 is 19.3 Å². The number of methoxy groups -OCH3 is 1. The smallest absolute Gasteiger partial charge is 0.248 e. The molecule has 1 heterocycles. The van der Waals surface area contributed by atoms with Crippen molar-refractivity contribution in [2.24, 2.45) is 0 Å². The first-order chi connectivity index (χ1) is 7.77. The molecule has 0 unspecified atom stereocenters. The number of hydrogen-bond acceptors (Lipinski definition) is 4. The zero-order chi connectivity index (χ0) is 11.8. The summed E-state index contributed by atoms with van der Waals surface area (Å²) in [5.41, 5.74) is 0. The first-order valence-electron chi connectivity index (χ1n) is 5.84. The highest BCUT2D eigenvalue weighted by Crippen LogP contribution is 2.01. The Balaban J connectivity index is 2.13. The summed E-state index contributed by atoms with van der Waals surface area (Å²) in [7, 11) is 1.62. The molecule has 1 rings (SSSR count). The van der Waals surface area contributed by atoms with Crippen LogP contribution >= 0.6 is 0 Å². The molecule has 0 aromatic heterocycles. The van der Waals surface area contributed by atoms with Gasteiger partial charge in [-0.25, -0.2) is 0 Å². The van der Waals surface area contributed by atoms with Gasteiger partial charge in [0.05, 0.1) is 13.2 Å². The molecular formula is C11H22N2O3. The highest BCUT2D eigenvalue weighted by Gasteiger charge is 2.19. The van der Waals surface area contributed by atoms with Crippen LogP contribution in [0, 0.1) is 0 Å². The molecule has 1 fully saturated rings. The molecule has 0 aliphatic carbocycles. The van der Waals surface area contributed by atoms with Crippen molar-refractivity contribution >= 4 is 5.91 Å². The van der Waals surface area contributed by atoms with Gasteiger partial charge in [0.2, 0.25) is 5.91 Å². The van der Waals surface area contributed by atoms with Crippen LogP contribution in [0.5, 0.6) is 0 Å². The lowest BCUT2D eigenvalue weighted by Gasteiger charge is -2.33. The molecule has 1 aliphatic rings. The SMILES string of the molecule is CCN1CCN(C(=O)COCCOC)CC1. The van der Waals surface area contributed by atoms with Crippen LogP contribution < -0.4 is 0 Å². The van der Waals surface area contributed by atoms with E-state index in [1.54, 1.807) is 7.11 Å². The molecule has 1 saturated heterocycles. The van der Waals surface area contributed by atoms with E-state index in [0.717, 1.165) is 32.7 Å². The fourth-order valence-electron chi connectivity index (χ4n) is 1.71. The van der Waals surface area contributed by atoms with Crippen molar-refractivity contribution in [3.63, 3.8) is 0 Å². The fourth-order valence-corrected chi connectivity index (χ4v) is 1.71. The molecular weight excluding hydrogens is 208 g/mol. The van der Waals surface area contributed by atoms with E-state index in [-0.39, 0.29) is 12.5 Å². The zero-order valence-corrected chi connectivity index (χ0v) is 10.3. The summed E-state index contributed by atoms with van der Waals surface area (Å²) in [5.74, 6) is 0.0897. The second-order valence-corrected chi connectivity index (χ2v) is 3.86. The first kappa shape index (κ1) is 13.4. The van der Waals surface area contributed by atoms with Crippen molar-refractivity contribution < 1.29 is 14.3 Å². The van der Waals surface area contributed by atoms with Gasteiger partial charge >= 0.3 is 0 Å². The number of hydrogen-bond donors (Lipinski definition) is 0.